The van der Waals surface area contributed by atoms with Crippen LogP contribution in [0.4, 0.5) is 0 Å². The number of hydrogen-bond donors (Lipinski definition) is 1. The van der Waals surface area contributed by atoms with Gasteiger partial charge in [-0.15, -0.1) is 0 Å². The first kappa shape index (κ1) is 14.9. The van der Waals surface area contributed by atoms with Crippen molar-refractivity contribution in [2.75, 3.05) is 27.3 Å². The predicted molar refractivity (Wildman–Crippen MR) is 69.3 cm³/mol. The molecule has 102 valence electrons. The molecule has 0 saturated carbocycles. The van der Waals surface area contributed by atoms with Crippen molar-refractivity contribution in [3.8, 4) is 5.75 Å². The number of sulfonamides is 1. The van der Waals surface area contributed by atoms with Crippen LogP contribution in [0.5, 0.6) is 5.75 Å². The summed E-state index contributed by atoms with van der Waals surface area (Å²) in [5.41, 5.74) is 0.567. The van der Waals surface area contributed by atoms with Crippen LogP contribution in [0, 0.1) is 0 Å². The molecule has 1 aromatic carbocycles. The Morgan fingerprint density at radius 1 is 1.39 bits per heavy atom. The van der Waals surface area contributed by atoms with Gasteiger partial charge in [-0.2, -0.15) is 0 Å². The fourth-order valence-electron chi connectivity index (χ4n) is 1.59. The Bertz CT molecular complexity index is 499. The largest absolute Gasteiger partial charge is 0.497 e. The van der Waals surface area contributed by atoms with Crippen LogP contribution in [0.15, 0.2) is 23.1 Å². The molecule has 0 aliphatic rings. The van der Waals surface area contributed by atoms with Gasteiger partial charge in [0.15, 0.2) is 0 Å². The molecule has 0 amide bonds. The van der Waals surface area contributed by atoms with Gasteiger partial charge in [0, 0.05) is 20.2 Å². The predicted octanol–water partition coefficient (Wildman–Crippen LogP) is 0.870. The molecule has 0 atom stereocenters. The summed E-state index contributed by atoms with van der Waals surface area (Å²) >= 11 is 0. The fraction of sp³-hybridized carbons (Fsp3) is 0.500. The summed E-state index contributed by atoms with van der Waals surface area (Å²) in [7, 11) is -0.452. The van der Waals surface area contributed by atoms with Crippen LogP contribution in [0.2, 0.25) is 0 Å². The van der Waals surface area contributed by atoms with Gasteiger partial charge in [-0.1, -0.05) is 6.92 Å². The SMILES string of the molecule is CCN(C)S(=O)(=O)c1ccc(OC)cc1CCO. The molecule has 1 N–H and O–H groups in total. The standard InChI is InChI=1S/C12H19NO4S/c1-4-13(2)18(15,16)12-6-5-11(17-3)9-10(12)7-8-14/h5-6,9,14H,4,7-8H2,1-3H3. The number of aliphatic hydroxyl groups excluding tert-OH is 1. The molecule has 0 radical (unpaired) electrons. The van der Waals surface area contributed by atoms with Crippen LogP contribution in [-0.2, 0) is 16.4 Å². The monoisotopic (exact) mass is 273 g/mol. The molecule has 6 heteroatoms. The maximum atomic E-state index is 12.3. The van der Waals surface area contributed by atoms with Crippen molar-refractivity contribution in [2.24, 2.45) is 0 Å². The Morgan fingerprint density at radius 3 is 2.56 bits per heavy atom. The zero-order valence-corrected chi connectivity index (χ0v) is 11.7. The zero-order chi connectivity index (χ0) is 13.8. The number of ether oxygens (including phenoxy) is 1. The number of methoxy groups -OCH3 is 1. The van der Waals surface area contributed by atoms with Gasteiger partial charge in [-0.25, -0.2) is 12.7 Å². The second-order valence-electron chi connectivity index (χ2n) is 3.87. The van der Waals surface area contributed by atoms with E-state index in [-0.39, 0.29) is 17.9 Å². The minimum atomic E-state index is -3.50. The van der Waals surface area contributed by atoms with E-state index in [1.165, 1.54) is 24.5 Å². The van der Waals surface area contributed by atoms with Gasteiger partial charge in [0.05, 0.1) is 12.0 Å². The van der Waals surface area contributed by atoms with Crippen LogP contribution < -0.4 is 4.74 Å². The van der Waals surface area contributed by atoms with E-state index in [1.54, 1.807) is 19.1 Å². The van der Waals surface area contributed by atoms with Crippen molar-refractivity contribution in [3.05, 3.63) is 23.8 Å². The van der Waals surface area contributed by atoms with Crippen molar-refractivity contribution >= 4 is 10.0 Å². The summed E-state index contributed by atoms with van der Waals surface area (Å²) in [6.07, 6.45) is 0.281. The van der Waals surface area contributed by atoms with Crippen molar-refractivity contribution in [2.45, 2.75) is 18.2 Å². The Hall–Kier alpha value is -1.11. The third-order valence-electron chi connectivity index (χ3n) is 2.78. The average molecular weight is 273 g/mol. The number of hydrogen-bond acceptors (Lipinski definition) is 4. The maximum Gasteiger partial charge on any atom is 0.243 e. The van der Waals surface area contributed by atoms with Crippen LogP contribution in [0.3, 0.4) is 0 Å². The quantitative estimate of drug-likeness (QED) is 0.835. The van der Waals surface area contributed by atoms with E-state index in [2.05, 4.69) is 0 Å². The molecular weight excluding hydrogens is 254 g/mol. The summed E-state index contributed by atoms with van der Waals surface area (Å²) in [5, 5.41) is 9.02. The first-order chi connectivity index (χ1) is 8.47. The number of aliphatic hydroxyl groups is 1. The molecule has 0 bridgehead atoms. The summed E-state index contributed by atoms with van der Waals surface area (Å²) in [6, 6.07) is 4.77. The lowest BCUT2D eigenvalue weighted by molar-refractivity contribution is 0.298. The van der Waals surface area contributed by atoms with Gasteiger partial charge < -0.3 is 9.84 Å². The highest BCUT2D eigenvalue weighted by Crippen LogP contribution is 2.24. The van der Waals surface area contributed by atoms with Crippen molar-refractivity contribution in [1.82, 2.24) is 4.31 Å². The first-order valence-electron chi connectivity index (χ1n) is 5.71. The molecule has 0 aliphatic carbocycles. The smallest absolute Gasteiger partial charge is 0.243 e. The Balaban J connectivity index is 3.31. The topological polar surface area (TPSA) is 66.8 Å². The van der Waals surface area contributed by atoms with E-state index in [0.717, 1.165) is 0 Å². The molecule has 0 aliphatic heterocycles. The van der Waals surface area contributed by atoms with E-state index in [9.17, 15) is 8.42 Å². The third-order valence-corrected chi connectivity index (χ3v) is 4.82. The van der Waals surface area contributed by atoms with Crippen molar-refractivity contribution in [3.63, 3.8) is 0 Å². The van der Waals surface area contributed by atoms with E-state index >= 15 is 0 Å². The minimum Gasteiger partial charge on any atom is -0.497 e. The van der Waals surface area contributed by atoms with Gasteiger partial charge >= 0.3 is 0 Å². The average Bonchev–Trinajstić information content (AvgIpc) is 2.37. The zero-order valence-electron chi connectivity index (χ0n) is 10.9. The number of rotatable bonds is 6. The lowest BCUT2D eigenvalue weighted by Crippen LogP contribution is -2.27. The van der Waals surface area contributed by atoms with Gasteiger partial charge in [-0.05, 0) is 30.2 Å². The van der Waals surface area contributed by atoms with Crippen LogP contribution in [0.25, 0.3) is 0 Å². The normalized spacial score (nSPS) is 11.8. The second-order valence-corrected chi connectivity index (χ2v) is 5.88. The molecule has 1 rings (SSSR count). The van der Waals surface area contributed by atoms with Crippen LogP contribution in [-0.4, -0.2) is 45.1 Å². The molecule has 1 aromatic rings. The van der Waals surface area contributed by atoms with E-state index in [4.69, 9.17) is 9.84 Å². The number of benzene rings is 1. The van der Waals surface area contributed by atoms with E-state index in [0.29, 0.717) is 17.9 Å². The molecule has 0 saturated heterocycles. The lowest BCUT2D eigenvalue weighted by atomic mass is 10.1. The highest BCUT2D eigenvalue weighted by Gasteiger charge is 2.22. The lowest BCUT2D eigenvalue weighted by Gasteiger charge is -2.18. The van der Waals surface area contributed by atoms with Crippen molar-refractivity contribution < 1.29 is 18.3 Å². The minimum absolute atomic E-state index is 0.106. The molecule has 18 heavy (non-hydrogen) atoms. The van der Waals surface area contributed by atoms with Gasteiger partial charge in [0.2, 0.25) is 10.0 Å². The molecule has 0 heterocycles. The van der Waals surface area contributed by atoms with E-state index < -0.39 is 10.0 Å². The molecule has 0 spiro atoms. The fourth-order valence-corrected chi connectivity index (χ4v) is 3.00. The highest BCUT2D eigenvalue weighted by molar-refractivity contribution is 7.89. The summed E-state index contributed by atoms with van der Waals surface area (Å²) in [4.78, 5) is 0.224. The van der Waals surface area contributed by atoms with Crippen LogP contribution in [0.1, 0.15) is 12.5 Å². The van der Waals surface area contributed by atoms with Gasteiger partial charge in [-0.3, -0.25) is 0 Å². The Morgan fingerprint density at radius 2 is 2.06 bits per heavy atom. The molecule has 0 unspecified atom stereocenters. The van der Waals surface area contributed by atoms with Crippen molar-refractivity contribution in [1.29, 1.82) is 0 Å². The Kier molecular flexibility index (Phi) is 5.13. The van der Waals surface area contributed by atoms with Gasteiger partial charge in [0.25, 0.3) is 0 Å². The molecule has 0 aromatic heterocycles. The second kappa shape index (κ2) is 6.17. The molecular formula is C12H19NO4S. The highest BCUT2D eigenvalue weighted by atomic mass is 32.2. The third kappa shape index (κ3) is 3.01. The summed E-state index contributed by atoms with van der Waals surface area (Å²) in [6.45, 7) is 2.06. The summed E-state index contributed by atoms with van der Waals surface area (Å²) in [5.74, 6) is 0.580. The van der Waals surface area contributed by atoms with E-state index in [1.807, 2.05) is 0 Å². The Labute approximate surface area is 108 Å². The van der Waals surface area contributed by atoms with Crippen LogP contribution >= 0.6 is 0 Å². The molecule has 5 nitrogen and oxygen atoms in total. The maximum absolute atomic E-state index is 12.3. The van der Waals surface area contributed by atoms with Gasteiger partial charge in [0.1, 0.15) is 5.75 Å². The number of nitrogens with zero attached hydrogens (tertiary/aromatic N) is 1. The summed E-state index contributed by atoms with van der Waals surface area (Å²) < 4.78 is 30.9. The first-order valence-corrected chi connectivity index (χ1v) is 7.15. The molecule has 0 fully saturated rings.